The Hall–Kier alpha value is -4.38. The van der Waals surface area contributed by atoms with E-state index in [-0.39, 0.29) is 23.6 Å². The van der Waals surface area contributed by atoms with Gasteiger partial charge in [0.05, 0.1) is 5.56 Å². The molecule has 308 valence electrons. The first kappa shape index (κ1) is 42.2. The second kappa shape index (κ2) is 16.5. The predicted molar refractivity (Wildman–Crippen MR) is 194 cm³/mol. The molecule has 0 saturated carbocycles. The number of nitrogens with one attached hydrogen (secondary N) is 2. The summed E-state index contributed by atoms with van der Waals surface area (Å²) in [6.07, 6.45) is -16.7. The summed E-state index contributed by atoms with van der Waals surface area (Å²) in [5.74, 6) is -1.18. The number of benzene rings is 4. The molecule has 4 aromatic rings. The summed E-state index contributed by atoms with van der Waals surface area (Å²) in [4.78, 5) is 4.15. The second-order valence-electron chi connectivity index (χ2n) is 14.7. The zero-order valence-electron chi connectivity index (χ0n) is 31.1. The number of nitrogens with zero attached hydrogens (tertiary/aromatic N) is 2. The van der Waals surface area contributed by atoms with E-state index in [1.54, 1.807) is 12.1 Å². The van der Waals surface area contributed by atoms with E-state index in [0.717, 1.165) is 68.1 Å². The Morgan fingerprint density at radius 2 is 0.877 bits per heavy atom. The first-order valence-electron chi connectivity index (χ1n) is 18.3. The molecule has 6 nitrogen and oxygen atoms in total. The number of halogens is 10. The fourth-order valence-electron chi connectivity index (χ4n) is 7.25. The Balaban J connectivity index is 1.27. The molecule has 0 radical (unpaired) electrons. The summed E-state index contributed by atoms with van der Waals surface area (Å²) in [5.41, 5.74) is -8.74. The Bertz CT molecular complexity index is 1820. The van der Waals surface area contributed by atoms with Gasteiger partial charge in [-0.25, -0.2) is 4.39 Å². The summed E-state index contributed by atoms with van der Waals surface area (Å²) in [6, 6.07) is 14.0. The molecule has 0 atom stereocenters. The van der Waals surface area contributed by atoms with Crippen LogP contribution in [0, 0.1) is 0 Å². The molecule has 2 aliphatic heterocycles. The molecule has 0 spiro atoms. The highest BCUT2D eigenvalue weighted by Gasteiger charge is 2.72. The molecule has 6 rings (SSSR count). The van der Waals surface area contributed by atoms with Crippen LogP contribution in [0.4, 0.5) is 43.9 Å². The lowest BCUT2D eigenvalue weighted by Gasteiger charge is -2.38. The van der Waals surface area contributed by atoms with E-state index in [2.05, 4.69) is 15.5 Å². The number of rotatable bonds is 11. The molecule has 0 amide bonds. The third kappa shape index (κ3) is 9.51. The Morgan fingerprint density at radius 3 is 1.23 bits per heavy atom. The van der Waals surface area contributed by atoms with Crippen LogP contribution in [-0.2, 0) is 30.3 Å². The zero-order chi connectivity index (χ0) is 41.2. The fraction of sp³-hybridized carbons (Fsp3) is 0.415. The van der Waals surface area contributed by atoms with Gasteiger partial charge in [-0.1, -0.05) is 36.4 Å². The van der Waals surface area contributed by atoms with Crippen molar-refractivity contribution in [3.05, 3.63) is 118 Å². The summed E-state index contributed by atoms with van der Waals surface area (Å²) in [7, 11) is 0. The molecule has 0 bridgehead atoms. The standard InChI is InChI=1S/C41H42F10N4O2/c1-37(2,42)33-23-27(25-54-19-15-52-16-20-54)3-13-35(33)56-31-9-5-29(6-10-31)38(40(46,47)48,41(49,50)51)30-7-11-32(12-8-30)57-36-14-4-28(24-34(36)39(43,44)45)26-55-21-17-53-18-22-55/h3-14,23-24,52-53H,15-22,25-26H2,1-2H3. The smallest absolute Gasteiger partial charge is 0.419 e. The van der Waals surface area contributed by atoms with Gasteiger partial charge < -0.3 is 20.1 Å². The van der Waals surface area contributed by atoms with Crippen molar-refractivity contribution in [2.24, 2.45) is 0 Å². The Kier molecular flexibility index (Phi) is 12.2. The highest BCUT2D eigenvalue weighted by Crippen LogP contribution is 2.56. The van der Waals surface area contributed by atoms with Crippen LogP contribution in [0.3, 0.4) is 0 Å². The Morgan fingerprint density at radius 1 is 0.509 bits per heavy atom. The normalized spacial score (nSPS) is 16.8. The van der Waals surface area contributed by atoms with Gasteiger partial charge in [-0.3, -0.25) is 9.80 Å². The monoisotopic (exact) mass is 812 g/mol. The number of hydrogen-bond acceptors (Lipinski definition) is 6. The van der Waals surface area contributed by atoms with Crippen molar-refractivity contribution >= 4 is 0 Å². The first-order valence-corrected chi connectivity index (χ1v) is 18.3. The number of ether oxygens (including phenoxy) is 2. The molecule has 0 unspecified atom stereocenters. The van der Waals surface area contributed by atoms with Gasteiger partial charge >= 0.3 is 18.5 Å². The second-order valence-corrected chi connectivity index (χ2v) is 14.7. The molecule has 0 aromatic heterocycles. The highest BCUT2D eigenvalue weighted by molar-refractivity contribution is 5.50. The quantitative estimate of drug-likeness (QED) is 0.147. The predicted octanol–water partition coefficient (Wildman–Crippen LogP) is 9.72. The highest BCUT2D eigenvalue weighted by atomic mass is 19.4. The maximum atomic E-state index is 15.4. The summed E-state index contributed by atoms with van der Waals surface area (Å²) < 4.78 is 159. The van der Waals surface area contributed by atoms with Gasteiger partial charge in [0.1, 0.15) is 28.7 Å². The molecule has 2 fully saturated rings. The molecule has 4 aromatic carbocycles. The van der Waals surface area contributed by atoms with Gasteiger partial charge in [-0.15, -0.1) is 0 Å². The number of alkyl halides is 10. The van der Waals surface area contributed by atoms with Gasteiger partial charge in [-0.2, -0.15) is 39.5 Å². The van der Waals surface area contributed by atoms with Crippen molar-refractivity contribution in [1.82, 2.24) is 20.4 Å². The van der Waals surface area contributed by atoms with E-state index in [9.17, 15) is 39.5 Å². The lowest BCUT2D eigenvalue weighted by atomic mass is 9.73. The van der Waals surface area contributed by atoms with Crippen LogP contribution in [0.1, 0.15) is 47.2 Å². The van der Waals surface area contributed by atoms with Gasteiger partial charge in [0.2, 0.25) is 5.41 Å². The van der Waals surface area contributed by atoms with E-state index >= 15 is 4.39 Å². The van der Waals surface area contributed by atoms with Crippen LogP contribution in [0.15, 0.2) is 84.9 Å². The minimum Gasteiger partial charge on any atom is -0.457 e. The molecule has 2 N–H and O–H groups in total. The Labute approximate surface area is 323 Å². The van der Waals surface area contributed by atoms with E-state index in [4.69, 9.17) is 9.47 Å². The summed E-state index contributed by atoms with van der Waals surface area (Å²) >= 11 is 0. The van der Waals surface area contributed by atoms with Crippen molar-refractivity contribution in [3.63, 3.8) is 0 Å². The minimum absolute atomic E-state index is 0.0377. The van der Waals surface area contributed by atoms with Crippen LogP contribution in [0.2, 0.25) is 0 Å². The van der Waals surface area contributed by atoms with E-state index < -0.39 is 57.8 Å². The number of piperazine rings is 2. The fourth-order valence-corrected chi connectivity index (χ4v) is 7.25. The van der Waals surface area contributed by atoms with Gasteiger partial charge in [0.25, 0.3) is 0 Å². The van der Waals surface area contributed by atoms with Crippen molar-refractivity contribution in [1.29, 1.82) is 0 Å². The third-order valence-corrected chi connectivity index (χ3v) is 10.1. The van der Waals surface area contributed by atoms with Gasteiger partial charge in [-0.05, 0) is 84.6 Å². The van der Waals surface area contributed by atoms with Gasteiger partial charge in [0, 0.05) is 71.0 Å². The zero-order valence-corrected chi connectivity index (χ0v) is 31.1. The van der Waals surface area contributed by atoms with Crippen molar-refractivity contribution in [3.8, 4) is 23.0 Å². The average molecular weight is 813 g/mol. The van der Waals surface area contributed by atoms with E-state index in [1.165, 1.54) is 26.0 Å². The molecular weight excluding hydrogens is 770 g/mol. The summed E-state index contributed by atoms with van der Waals surface area (Å²) in [6.45, 7) is 9.24. The van der Waals surface area contributed by atoms with Crippen LogP contribution in [0.5, 0.6) is 23.0 Å². The maximum absolute atomic E-state index is 15.4. The molecular formula is C41H42F10N4O2. The van der Waals surface area contributed by atoms with Crippen LogP contribution in [0.25, 0.3) is 0 Å². The third-order valence-electron chi connectivity index (χ3n) is 10.1. The molecule has 0 aliphatic carbocycles. The lowest BCUT2D eigenvalue weighted by Crippen LogP contribution is -2.54. The molecule has 57 heavy (non-hydrogen) atoms. The van der Waals surface area contributed by atoms with E-state index in [1.807, 2.05) is 4.90 Å². The molecule has 2 heterocycles. The first-order chi connectivity index (χ1) is 26.8. The van der Waals surface area contributed by atoms with Crippen LogP contribution in [-0.4, -0.2) is 74.5 Å². The lowest BCUT2D eigenvalue weighted by molar-refractivity contribution is -0.288. The van der Waals surface area contributed by atoms with Gasteiger partial charge in [0.15, 0.2) is 0 Å². The molecule has 2 saturated heterocycles. The van der Waals surface area contributed by atoms with Crippen molar-refractivity contribution in [2.75, 3.05) is 52.4 Å². The topological polar surface area (TPSA) is 49.0 Å². The molecule has 2 aliphatic rings. The molecule has 16 heteroatoms. The van der Waals surface area contributed by atoms with Crippen molar-refractivity contribution < 1.29 is 53.4 Å². The van der Waals surface area contributed by atoms with Crippen LogP contribution < -0.4 is 20.1 Å². The number of hydrogen-bond donors (Lipinski definition) is 2. The maximum Gasteiger partial charge on any atom is 0.419 e. The average Bonchev–Trinajstić information content (AvgIpc) is 3.13. The largest absolute Gasteiger partial charge is 0.457 e. The van der Waals surface area contributed by atoms with Crippen molar-refractivity contribution in [2.45, 2.75) is 56.5 Å². The van der Waals surface area contributed by atoms with Crippen LogP contribution >= 0.6 is 0 Å². The summed E-state index contributed by atoms with van der Waals surface area (Å²) in [5, 5.41) is 6.41. The minimum atomic E-state index is -5.94. The SMILES string of the molecule is CC(C)(F)c1cc(CN2CCNCC2)ccc1Oc1ccc(C(c2ccc(Oc3ccc(CN4CCNCC4)cc3C(F)(F)F)cc2)(C(F)(F)F)C(F)(F)F)cc1. The van der Waals surface area contributed by atoms with E-state index in [0.29, 0.717) is 62.6 Å².